The predicted molar refractivity (Wildman–Crippen MR) is 88.2 cm³/mol. The van der Waals surface area contributed by atoms with Crippen LogP contribution in [-0.4, -0.2) is 41.1 Å². The van der Waals surface area contributed by atoms with Crippen molar-refractivity contribution in [3.8, 4) is 5.88 Å². The van der Waals surface area contributed by atoms with E-state index in [-0.39, 0.29) is 41.2 Å². The van der Waals surface area contributed by atoms with Gasteiger partial charge in [-0.2, -0.15) is 0 Å². The van der Waals surface area contributed by atoms with Crippen LogP contribution in [0.25, 0.3) is 0 Å². The Morgan fingerprint density at radius 2 is 1.81 bits per heavy atom. The Bertz CT molecular complexity index is 769. The first-order valence-electron chi connectivity index (χ1n) is 8.29. The number of amides is 2. The first kappa shape index (κ1) is 17.8. The summed E-state index contributed by atoms with van der Waals surface area (Å²) < 4.78 is 22.6. The van der Waals surface area contributed by atoms with E-state index < -0.39 is 5.82 Å². The second-order valence-corrected chi connectivity index (χ2v) is 6.09. The third-order valence-corrected chi connectivity index (χ3v) is 4.28. The molecule has 1 fully saturated rings. The van der Waals surface area contributed by atoms with Crippen LogP contribution in [0.3, 0.4) is 0 Å². The Balaban J connectivity index is 1.45. The average Bonchev–Trinajstić information content (AvgIpc) is 3.13. The Kier molecular flexibility index (Phi) is 5.45. The van der Waals surface area contributed by atoms with Crippen LogP contribution in [0.1, 0.15) is 46.7 Å². The van der Waals surface area contributed by atoms with Crippen LogP contribution in [0, 0.1) is 5.82 Å². The third-order valence-electron chi connectivity index (χ3n) is 4.28. The lowest BCUT2D eigenvalue weighted by atomic mass is 9.91. The number of ether oxygens (including phenoxy) is 1. The molecule has 2 heterocycles. The minimum Gasteiger partial charge on any atom is -0.479 e. The van der Waals surface area contributed by atoms with E-state index in [0.29, 0.717) is 0 Å². The van der Waals surface area contributed by atoms with Crippen molar-refractivity contribution in [1.82, 2.24) is 20.8 Å². The molecule has 0 unspecified atom stereocenters. The summed E-state index contributed by atoms with van der Waals surface area (Å²) in [7, 11) is 1.44. The molecule has 0 spiro atoms. The minimum atomic E-state index is -0.484. The fourth-order valence-electron chi connectivity index (χ4n) is 2.87. The number of rotatable bonds is 5. The summed E-state index contributed by atoms with van der Waals surface area (Å²) in [6.45, 7) is 0. The van der Waals surface area contributed by atoms with Gasteiger partial charge in [0.25, 0.3) is 17.7 Å². The molecule has 8 nitrogen and oxygen atoms in total. The maximum absolute atomic E-state index is 12.9. The van der Waals surface area contributed by atoms with Gasteiger partial charge in [-0.15, -0.1) is 0 Å². The van der Waals surface area contributed by atoms with Crippen LogP contribution in [0.4, 0.5) is 4.39 Å². The number of nitrogens with zero attached hydrogens (tertiary/aromatic N) is 2. The van der Waals surface area contributed by atoms with Crippen LogP contribution in [0.15, 0.2) is 28.9 Å². The normalized spacial score (nSPS) is 19.6. The summed E-state index contributed by atoms with van der Waals surface area (Å²) in [6.07, 6.45) is 3.90. The van der Waals surface area contributed by atoms with E-state index in [2.05, 4.69) is 20.8 Å². The van der Waals surface area contributed by atoms with E-state index in [4.69, 9.17) is 9.26 Å². The first-order chi connectivity index (χ1) is 12.5. The van der Waals surface area contributed by atoms with Crippen LogP contribution in [0.5, 0.6) is 5.88 Å². The van der Waals surface area contributed by atoms with Crippen molar-refractivity contribution in [2.45, 2.75) is 37.8 Å². The average molecular weight is 362 g/mol. The number of pyridine rings is 1. The summed E-state index contributed by atoms with van der Waals surface area (Å²) in [5.74, 6) is -0.812. The number of carbonyl (C=O) groups is 2. The molecule has 1 saturated carbocycles. The molecular weight excluding hydrogens is 343 g/mol. The van der Waals surface area contributed by atoms with E-state index >= 15 is 0 Å². The number of aromatic nitrogens is 2. The molecule has 0 aromatic carbocycles. The number of nitrogens with one attached hydrogen (secondary N) is 2. The quantitative estimate of drug-likeness (QED) is 0.838. The van der Waals surface area contributed by atoms with Gasteiger partial charge in [-0.25, -0.2) is 9.37 Å². The van der Waals surface area contributed by atoms with E-state index in [0.717, 1.165) is 31.9 Å². The molecule has 0 bridgehead atoms. The summed E-state index contributed by atoms with van der Waals surface area (Å²) in [6, 6.07) is 3.97. The molecule has 2 aromatic heterocycles. The Morgan fingerprint density at radius 1 is 1.15 bits per heavy atom. The van der Waals surface area contributed by atoms with Gasteiger partial charge in [0.2, 0.25) is 5.76 Å². The van der Waals surface area contributed by atoms with Gasteiger partial charge in [0.15, 0.2) is 0 Å². The SMILES string of the molecule is COc1cc(C(=O)NC2CCC(NC(=O)c3ccc(F)cn3)CC2)on1. The van der Waals surface area contributed by atoms with E-state index in [1.807, 2.05) is 0 Å². The summed E-state index contributed by atoms with van der Waals surface area (Å²) in [5, 5.41) is 9.37. The largest absolute Gasteiger partial charge is 0.479 e. The molecule has 2 aromatic rings. The van der Waals surface area contributed by atoms with E-state index in [1.54, 1.807) is 0 Å². The van der Waals surface area contributed by atoms with Crippen LogP contribution >= 0.6 is 0 Å². The lowest BCUT2D eigenvalue weighted by Gasteiger charge is -2.29. The summed E-state index contributed by atoms with van der Waals surface area (Å²) in [4.78, 5) is 28.0. The summed E-state index contributed by atoms with van der Waals surface area (Å²) >= 11 is 0. The molecule has 138 valence electrons. The molecule has 0 radical (unpaired) electrons. The van der Waals surface area contributed by atoms with Crippen molar-refractivity contribution in [2.75, 3.05) is 7.11 Å². The van der Waals surface area contributed by atoms with Gasteiger partial charge < -0.3 is 19.9 Å². The third kappa shape index (κ3) is 4.35. The lowest BCUT2D eigenvalue weighted by molar-refractivity contribution is 0.0867. The van der Waals surface area contributed by atoms with Crippen molar-refractivity contribution >= 4 is 11.8 Å². The Morgan fingerprint density at radius 3 is 2.35 bits per heavy atom. The van der Waals surface area contributed by atoms with Gasteiger partial charge in [-0.3, -0.25) is 9.59 Å². The maximum atomic E-state index is 12.9. The monoisotopic (exact) mass is 362 g/mol. The van der Waals surface area contributed by atoms with E-state index in [1.165, 1.54) is 25.3 Å². The predicted octanol–water partition coefficient (Wildman–Crippen LogP) is 1.69. The highest BCUT2D eigenvalue weighted by molar-refractivity contribution is 5.92. The number of carbonyl (C=O) groups excluding carboxylic acids is 2. The lowest BCUT2D eigenvalue weighted by Crippen LogP contribution is -2.43. The maximum Gasteiger partial charge on any atom is 0.290 e. The second kappa shape index (κ2) is 7.94. The van der Waals surface area contributed by atoms with E-state index in [9.17, 15) is 14.0 Å². The first-order valence-corrected chi connectivity index (χ1v) is 8.29. The van der Waals surface area contributed by atoms with Crippen molar-refractivity contribution in [3.63, 3.8) is 0 Å². The topological polar surface area (TPSA) is 106 Å². The highest BCUT2D eigenvalue weighted by Gasteiger charge is 2.25. The number of hydrogen-bond donors (Lipinski definition) is 2. The van der Waals surface area contributed by atoms with Crippen LogP contribution < -0.4 is 15.4 Å². The van der Waals surface area contributed by atoms with Gasteiger partial charge >= 0.3 is 0 Å². The van der Waals surface area contributed by atoms with Gasteiger partial charge in [0.1, 0.15) is 11.5 Å². The molecule has 0 saturated heterocycles. The molecular formula is C17H19FN4O4. The highest BCUT2D eigenvalue weighted by Crippen LogP contribution is 2.20. The fraction of sp³-hybridized carbons (Fsp3) is 0.412. The zero-order valence-corrected chi connectivity index (χ0v) is 14.2. The van der Waals surface area contributed by atoms with Crippen molar-refractivity contribution in [3.05, 3.63) is 41.7 Å². The van der Waals surface area contributed by atoms with Gasteiger partial charge in [0.05, 0.1) is 19.4 Å². The smallest absolute Gasteiger partial charge is 0.290 e. The van der Waals surface area contributed by atoms with Crippen molar-refractivity contribution < 1.29 is 23.2 Å². The van der Waals surface area contributed by atoms with Gasteiger partial charge in [0, 0.05) is 12.1 Å². The molecule has 0 aliphatic heterocycles. The van der Waals surface area contributed by atoms with Gasteiger partial charge in [-0.05, 0) is 43.0 Å². The minimum absolute atomic E-state index is 0.00399. The molecule has 26 heavy (non-hydrogen) atoms. The zero-order valence-electron chi connectivity index (χ0n) is 14.2. The number of methoxy groups -OCH3 is 1. The van der Waals surface area contributed by atoms with Crippen molar-refractivity contribution in [2.24, 2.45) is 0 Å². The van der Waals surface area contributed by atoms with Crippen LogP contribution in [0.2, 0.25) is 0 Å². The highest BCUT2D eigenvalue weighted by atomic mass is 19.1. The molecule has 9 heteroatoms. The second-order valence-electron chi connectivity index (χ2n) is 6.09. The molecule has 1 aliphatic rings. The summed E-state index contributed by atoms with van der Waals surface area (Å²) in [5.41, 5.74) is 0.182. The molecule has 2 N–H and O–H groups in total. The fourth-order valence-corrected chi connectivity index (χ4v) is 2.87. The number of hydrogen-bond acceptors (Lipinski definition) is 6. The zero-order chi connectivity index (χ0) is 18.5. The molecule has 3 rings (SSSR count). The number of halogens is 1. The standard InChI is InChI=1S/C17H19FN4O4/c1-25-15-8-14(26-22-15)17(24)21-12-5-3-11(4-6-12)20-16(23)13-7-2-10(18)9-19-13/h2,7-9,11-12H,3-6H2,1H3,(H,20,23)(H,21,24). The van der Waals surface area contributed by atoms with Crippen molar-refractivity contribution in [1.29, 1.82) is 0 Å². The molecule has 2 amide bonds. The molecule has 1 aliphatic carbocycles. The van der Waals surface area contributed by atoms with Gasteiger partial charge in [-0.1, -0.05) is 0 Å². The molecule has 0 atom stereocenters. The Labute approximate surface area is 149 Å². The van der Waals surface area contributed by atoms with Crippen LogP contribution in [-0.2, 0) is 0 Å². The Hall–Kier alpha value is -2.97.